The highest BCUT2D eigenvalue weighted by Gasteiger charge is 2.18. The lowest BCUT2D eigenvalue weighted by Gasteiger charge is -2.28. The van der Waals surface area contributed by atoms with Gasteiger partial charge in [-0.1, -0.05) is 6.07 Å². The van der Waals surface area contributed by atoms with Crippen LogP contribution in [0.2, 0.25) is 0 Å². The van der Waals surface area contributed by atoms with E-state index in [1.54, 1.807) is 6.07 Å². The summed E-state index contributed by atoms with van der Waals surface area (Å²) in [5, 5.41) is 4.34. The number of anilines is 1. The molecule has 1 heterocycles. The summed E-state index contributed by atoms with van der Waals surface area (Å²) in [5.41, 5.74) is 7.73. The summed E-state index contributed by atoms with van der Waals surface area (Å²) in [4.78, 5) is 1.98. The van der Waals surface area contributed by atoms with Gasteiger partial charge in [-0.15, -0.1) is 0 Å². The third-order valence-corrected chi connectivity index (χ3v) is 3.44. The van der Waals surface area contributed by atoms with E-state index in [2.05, 4.69) is 18.9 Å². The zero-order valence-corrected chi connectivity index (χ0v) is 12.1. The molecule has 0 aliphatic heterocycles. The molecule has 2 rings (SSSR count). The summed E-state index contributed by atoms with van der Waals surface area (Å²) in [5.74, 6) is -0.247. The summed E-state index contributed by atoms with van der Waals surface area (Å²) >= 11 is 0. The second kappa shape index (κ2) is 6.05. The Balaban J connectivity index is 2.26. The molecule has 0 radical (unpaired) electrons. The molecule has 20 heavy (non-hydrogen) atoms. The Morgan fingerprint density at radius 2 is 2.15 bits per heavy atom. The fourth-order valence-corrected chi connectivity index (χ4v) is 2.20. The van der Waals surface area contributed by atoms with Crippen LogP contribution in [0.15, 0.2) is 36.7 Å². The van der Waals surface area contributed by atoms with Gasteiger partial charge in [-0.05, 0) is 32.0 Å². The van der Waals surface area contributed by atoms with Gasteiger partial charge in [0.05, 0.1) is 12.2 Å². The summed E-state index contributed by atoms with van der Waals surface area (Å²) in [6.07, 6.45) is 3.82. The largest absolute Gasteiger partial charge is 0.366 e. The van der Waals surface area contributed by atoms with Gasteiger partial charge in [0.15, 0.2) is 0 Å². The predicted molar refractivity (Wildman–Crippen MR) is 79.2 cm³/mol. The minimum Gasteiger partial charge on any atom is -0.366 e. The maximum absolute atomic E-state index is 13.3. The zero-order valence-electron chi connectivity index (χ0n) is 12.1. The quantitative estimate of drug-likeness (QED) is 0.913. The van der Waals surface area contributed by atoms with Crippen molar-refractivity contribution in [3.05, 3.63) is 48.0 Å². The number of nitrogens with zero attached hydrogens (tertiary/aromatic N) is 3. The van der Waals surface area contributed by atoms with E-state index in [1.807, 2.05) is 35.1 Å². The van der Waals surface area contributed by atoms with Crippen molar-refractivity contribution >= 4 is 5.69 Å². The van der Waals surface area contributed by atoms with Crippen LogP contribution < -0.4 is 10.6 Å². The molecule has 0 spiro atoms. The third kappa shape index (κ3) is 2.99. The summed E-state index contributed by atoms with van der Waals surface area (Å²) in [6.45, 7) is 4.59. The molecule has 1 atom stereocenters. The Labute approximate surface area is 119 Å². The lowest BCUT2D eigenvalue weighted by Crippen LogP contribution is -2.30. The molecule has 108 valence electrons. The highest BCUT2D eigenvalue weighted by molar-refractivity contribution is 5.48. The molecule has 2 aromatic rings. The lowest BCUT2D eigenvalue weighted by atomic mass is 10.1. The molecule has 0 amide bonds. The van der Waals surface area contributed by atoms with Crippen LogP contribution in [0.3, 0.4) is 0 Å². The smallest absolute Gasteiger partial charge is 0.125 e. The van der Waals surface area contributed by atoms with E-state index in [0.717, 1.165) is 11.3 Å². The van der Waals surface area contributed by atoms with Crippen LogP contribution >= 0.6 is 0 Å². The topological polar surface area (TPSA) is 47.1 Å². The molecule has 1 unspecified atom stereocenters. The predicted octanol–water partition coefficient (Wildman–Crippen LogP) is 2.74. The first-order chi connectivity index (χ1) is 9.52. The number of likely N-dealkylation sites (N-methyl/N-ethyl adjacent to an activating group) is 1. The van der Waals surface area contributed by atoms with E-state index >= 15 is 0 Å². The molecule has 1 aromatic carbocycles. The van der Waals surface area contributed by atoms with Crippen LogP contribution in [0.5, 0.6) is 0 Å². The first-order valence-electron chi connectivity index (χ1n) is 6.75. The first-order valence-corrected chi connectivity index (χ1v) is 6.75. The van der Waals surface area contributed by atoms with Gasteiger partial charge in [0.25, 0.3) is 0 Å². The average Bonchev–Trinajstić information content (AvgIpc) is 2.89. The van der Waals surface area contributed by atoms with E-state index in [-0.39, 0.29) is 11.9 Å². The molecule has 0 aliphatic rings. The van der Waals surface area contributed by atoms with Gasteiger partial charge >= 0.3 is 0 Å². The number of rotatable bonds is 5. The van der Waals surface area contributed by atoms with Crippen molar-refractivity contribution in [2.75, 3.05) is 18.5 Å². The molecule has 0 bridgehead atoms. The highest BCUT2D eigenvalue weighted by Crippen LogP contribution is 2.25. The van der Waals surface area contributed by atoms with E-state index in [4.69, 9.17) is 5.73 Å². The van der Waals surface area contributed by atoms with Crippen LogP contribution in [0.25, 0.3) is 0 Å². The molecule has 0 aliphatic carbocycles. The summed E-state index contributed by atoms with van der Waals surface area (Å²) in [6, 6.07) is 6.80. The van der Waals surface area contributed by atoms with Gasteiger partial charge in [-0.3, -0.25) is 4.68 Å². The number of halogens is 1. The minimum atomic E-state index is -0.247. The van der Waals surface area contributed by atoms with Gasteiger partial charge in [-0.2, -0.15) is 5.10 Å². The zero-order chi connectivity index (χ0) is 14.7. The maximum Gasteiger partial charge on any atom is 0.125 e. The van der Waals surface area contributed by atoms with Crippen LogP contribution in [0.1, 0.15) is 31.5 Å². The number of hydrogen-bond acceptors (Lipinski definition) is 3. The average molecular weight is 276 g/mol. The Morgan fingerprint density at radius 3 is 2.70 bits per heavy atom. The van der Waals surface area contributed by atoms with Crippen molar-refractivity contribution < 1.29 is 4.39 Å². The van der Waals surface area contributed by atoms with Gasteiger partial charge < -0.3 is 10.6 Å². The summed E-state index contributed by atoms with van der Waals surface area (Å²) < 4.78 is 15.2. The Hall–Kier alpha value is -1.88. The SMILES string of the molecule is CC(C)n1cc(C(CN)N(C)c2cccc(F)c2)cn1. The van der Waals surface area contributed by atoms with Crippen LogP contribution in [-0.4, -0.2) is 23.4 Å². The van der Waals surface area contributed by atoms with Gasteiger partial charge in [-0.25, -0.2) is 4.39 Å². The maximum atomic E-state index is 13.3. The molecule has 1 aromatic heterocycles. The molecule has 5 heteroatoms. The van der Waals surface area contributed by atoms with Crippen molar-refractivity contribution in [2.45, 2.75) is 25.9 Å². The Kier molecular flexibility index (Phi) is 4.39. The van der Waals surface area contributed by atoms with Gasteiger partial charge in [0.2, 0.25) is 0 Å². The third-order valence-electron chi connectivity index (χ3n) is 3.44. The minimum absolute atomic E-state index is 0.0238. The van der Waals surface area contributed by atoms with E-state index in [9.17, 15) is 4.39 Å². The molecule has 4 nitrogen and oxygen atoms in total. The number of aromatic nitrogens is 2. The molecule has 0 saturated heterocycles. The Morgan fingerprint density at radius 1 is 1.40 bits per heavy atom. The van der Waals surface area contributed by atoms with Crippen molar-refractivity contribution in [1.29, 1.82) is 0 Å². The second-order valence-electron chi connectivity index (χ2n) is 5.19. The number of benzene rings is 1. The van der Waals surface area contributed by atoms with Crippen LogP contribution in [0, 0.1) is 5.82 Å². The van der Waals surface area contributed by atoms with Crippen molar-refractivity contribution in [3.8, 4) is 0 Å². The molecular weight excluding hydrogens is 255 g/mol. The molecule has 2 N–H and O–H groups in total. The fourth-order valence-electron chi connectivity index (χ4n) is 2.20. The van der Waals surface area contributed by atoms with Crippen molar-refractivity contribution in [2.24, 2.45) is 5.73 Å². The van der Waals surface area contributed by atoms with E-state index < -0.39 is 0 Å². The standard InChI is InChI=1S/C15H21FN4/c1-11(2)20-10-12(9-18-20)15(8-17)19(3)14-6-4-5-13(16)7-14/h4-7,9-11,15H,8,17H2,1-3H3. The van der Waals surface area contributed by atoms with Crippen LogP contribution in [-0.2, 0) is 0 Å². The van der Waals surface area contributed by atoms with Crippen LogP contribution in [0.4, 0.5) is 10.1 Å². The van der Waals surface area contributed by atoms with Gasteiger partial charge in [0, 0.05) is 37.1 Å². The fraction of sp³-hybridized carbons (Fsp3) is 0.400. The monoisotopic (exact) mass is 276 g/mol. The normalized spacial score (nSPS) is 12.7. The molecule has 0 fully saturated rings. The van der Waals surface area contributed by atoms with E-state index in [1.165, 1.54) is 12.1 Å². The highest BCUT2D eigenvalue weighted by atomic mass is 19.1. The molecular formula is C15H21FN4. The second-order valence-corrected chi connectivity index (χ2v) is 5.19. The van der Waals surface area contributed by atoms with Crippen molar-refractivity contribution in [1.82, 2.24) is 9.78 Å². The summed E-state index contributed by atoms with van der Waals surface area (Å²) in [7, 11) is 1.92. The van der Waals surface area contributed by atoms with Crippen molar-refractivity contribution in [3.63, 3.8) is 0 Å². The molecule has 0 saturated carbocycles. The van der Waals surface area contributed by atoms with Gasteiger partial charge in [0.1, 0.15) is 5.82 Å². The first kappa shape index (κ1) is 14.5. The Bertz CT molecular complexity index is 565. The van der Waals surface area contributed by atoms with E-state index in [0.29, 0.717) is 12.6 Å². The lowest BCUT2D eigenvalue weighted by molar-refractivity contribution is 0.531. The number of nitrogens with two attached hydrogens (primary N) is 1. The number of hydrogen-bond donors (Lipinski definition) is 1.